The summed E-state index contributed by atoms with van der Waals surface area (Å²) in [6, 6.07) is 6.02. The summed E-state index contributed by atoms with van der Waals surface area (Å²) < 4.78 is 40.3. The summed E-state index contributed by atoms with van der Waals surface area (Å²) in [4.78, 5) is 9.01. The summed E-state index contributed by atoms with van der Waals surface area (Å²) >= 11 is 0. The van der Waals surface area contributed by atoms with Crippen molar-refractivity contribution in [2.75, 3.05) is 4.90 Å². The molecular weight excluding hydrogens is 283 g/mol. The van der Waals surface area contributed by atoms with Gasteiger partial charge in [0.25, 0.3) is 0 Å². The summed E-state index contributed by atoms with van der Waals surface area (Å²) in [6.45, 7) is 4.62. The van der Waals surface area contributed by atoms with Crippen LogP contribution in [0.4, 0.5) is 18.9 Å². The predicted molar refractivity (Wildman–Crippen MR) is 73.0 cm³/mol. The molecule has 0 atom stereocenters. The molecule has 0 aliphatic heterocycles. The lowest BCUT2D eigenvalue weighted by atomic mass is 10.2. The first-order valence-corrected chi connectivity index (χ1v) is 6.45. The third-order valence-corrected chi connectivity index (χ3v) is 2.92. The summed E-state index contributed by atoms with van der Waals surface area (Å²) in [5.74, 6) is -0.225. The van der Waals surface area contributed by atoms with Gasteiger partial charge < -0.3 is 14.6 Å². The summed E-state index contributed by atoms with van der Waals surface area (Å²) in [5, 5.41) is 0. The van der Waals surface area contributed by atoms with Gasteiger partial charge in [0, 0.05) is 17.9 Å². The molecule has 0 spiro atoms. The van der Waals surface area contributed by atoms with Crippen LogP contribution in [0.25, 0.3) is 0 Å². The van der Waals surface area contributed by atoms with Crippen molar-refractivity contribution in [1.29, 1.82) is 0 Å². The number of nitrogens with zero attached hydrogens (tertiary/aromatic N) is 2. The molecule has 2 rings (SSSR count). The number of alkyl halides is 3. The van der Waals surface area contributed by atoms with Gasteiger partial charge in [0.1, 0.15) is 5.75 Å². The van der Waals surface area contributed by atoms with Crippen LogP contribution in [0.3, 0.4) is 0 Å². The van der Waals surface area contributed by atoms with E-state index in [1.54, 1.807) is 24.7 Å². The quantitative estimate of drug-likeness (QED) is 0.914. The molecular formula is C14H16F3N3O. The molecule has 7 heteroatoms. The van der Waals surface area contributed by atoms with Crippen molar-refractivity contribution in [1.82, 2.24) is 9.97 Å². The van der Waals surface area contributed by atoms with E-state index in [1.165, 1.54) is 12.1 Å². The van der Waals surface area contributed by atoms with E-state index in [2.05, 4.69) is 14.7 Å². The highest BCUT2D eigenvalue weighted by atomic mass is 19.4. The van der Waals surface area contributed by atoms with Gasteiger partial charge in [-0.15, -0.1) is 13.2 Å². The number of anilines is 1. The molecule has 0 fully saturated rings. The molecule has 4 nitrogen and oxygen atoms in total. The topological polar surface area (TPSA) is 41.2 Å². The zero-order valence-corrected chi connectivity index (χ0v) is 11.7. The van der Waals surface area contributed by atoms with Crippen molar-refractivity contribution in [2.24, 2.45) is 0 Å². The minimum atomic E-state index is -4.67. The van der Waals surface area contributed by atoms with Gasteiger partial charge in [0.05, 0.1) is 18.6 Å². The first kappa shape index (κ1) is 15.2. The van der Waals surface area contributed by atoms with Gasteiger partial charge in [-0.05, 0) is 38.1 Å². The molecule has 1 aromatic heterocycles. The Kier molecular flexibility index (Phi) is 4.40. The molecule has 0 saturated carbocycles. The summed E-state index contributed by atoms with van der Waals surface area (Å²) in [6.07, 6.45) is -1.36. The minimum absolute atomic E-state index is 0.183. The molecule has 21 heavy (non-hydrogen) atoms. The number of halogens is 3. The normalized spacial score (nSPS) is 11.7. The predicted octanol–water partition coefficient (Wildman–Crippen LogP) is 3.72. The highest BCUT2D eigenvalue weighted by Crippen LogP contribution is 2.26. The number of aromatic amines is 1. The average Bonchev–Trinajstić information content (AvgIpc) is 2.88. The zero-order chi connectivity index (χ0) is 15.5. The van der Waals surface area contributed by atoms with Gasteiger partial charge in [-0.3, -0.25) is 0 Å². The van der Waals surface area contributed by atoms with E-state index in [0.717, 1.165) is 11.4 Å². The van der Waals surface area contributed by atoms with Crippen molar-refractivity contribution in [2.45, 2.75) is 32.8 Å². The number of ether oxygens (including phenoxy) is 1. The molecule has 1 N–H and O–H groups in total. The summed E-state index contributed by atoms with van der Waals surface area (Å²) in [5.41, 5.74) is 1.74. The first-order valence-electron chi connectivity index (χ1n) is 6.45. The van der Waals surface area contributed by atoms with Crippen LogP contribution in [0.15, 0.2) is 36.8 Å². The Morgan fingerprint density at radius 1 is 1.24 bits per heavy atom. The number of rotatable bonds is 5. The van der Waals surface area contributed by atoms with Crippen LogP contribution in [0.1, 0.15) is 19.5 Å². The van der Waals surface area contributed by atoms with Gasteiger partial charge in [-0.25, -0.2) is 4.98 Å². The van der Waals surface area contributed by atoms with Gasteiger partial charge in [0.2, 0.25) is 0 Å². The second-order valence-electron chi connectivity index (χ2n) is 4.84. The Bertz CT molecular complexity index is 550. The van der Waals surface area contributed by atoms with Crippen LogP contribution in [0.5, 0.6) is 5.75 Å². The maximum Gasteiger partial charge on any atom is 0.573 e. The fourth-order valence-electron chi connectivity index (χ4n) is 1.97. The lowest BCUT2D eigenvalue weighted by Crippen LogP contribution is -2.30. The van der Waals surface area contributed by atoms with E-state index < -0.39 is 6.36 Å². The second kappa shape index (κ2) is 6.07. The number of imidazole rings is 1. The van der Waals surface area contributed by atoms with Crippen molar-refractivity contribution in [3.63, 3.8) is 0 Å². The maximum absolute atomic E-state index is 12.1. The standard InChI is InChI=1S/C14H16F3N3O/c1-10(2)20(8-11-7-18-9-19-11)12-3-5-13(6-4-12)21-14(15,16)17/h3-7,9-10H,8H2,1-2H3,(H,18,19). The molecule has 114 valence electrons. The molecule has 0 aliphatic carbocycles. The fourth-order valence-corrected chi connectivity index (χ4v) is 1.97. The lowest BCUT2D eigenvalue weighted by Gasteiger charge is -2.28. The molecule has 1 aromatic carbocycles. The van der Waals surface area contributed by atoms with E-state index in [0.29, 0.717) is 6.54 Å². The fraction of sp³-hybridized carbons (Fsp3) is 0.357. The molecule has 0 radical (unpaired) electrons. The van der Waals surface area contributed by atoms with Crippen LogP contribution >= 0.6 is 0 Å². The van der Waals surface area contributed by atoms with Crippen LogP contribution in [0.2, 0.25) is 0 Å². The molecule has 1 heterocycles. The van der Waals surface area contributed by atoms with Crippen LogP contribution in [0, 0.1) is 0 Å². The third-order valence-electron chi connectivity index (χ3n) is 2.92. The summed E-state index contributed by atoms with van der Waals surface area (Å²) in [7, 11) is 0. The third kappa shape index (κ3) is 4.40. The SMILES string of the molecule is CC(C)N(Cc1cnc[nH]1)c1ccc(OC(F)(F)F)cc1. The molecule has 0 aliphatic rings. The molecule has 0 saturated heterocycles. The highest BCUT2D eigenvalue weighted by Gasteiger charge is 2.31. The van der Waals surface area contributed by atoms with Gasteiger partial charge >= 0.3 is 6.36 Å². The van der Waals surface area contributed by atoms with E-state index in [4.69, 9.17) is 0 Å². The Morgan fingerprint density at radius 3 is 2.38 bits per heavy atom. The minimum Gasteiger partial charge on any atom is -0.406 e. The van der Waals surface area contributed by atoms with E-state index >= 15 is 0 Å². The Hall–Kier alpha value is -2.18. The number of benzene rings is 1. The first-order chi connectivity index (χ1) is 9.85. The average molecular weight is 299 g/mol. The largest absolute Gasteiger partial charge is 0.573 e. The van der Waals surface area contributed by atoms with Gasteiger partial charge in [-0.2, -0.15) is 0 Å². The van der Waals surface area contributed by atoms with Crippen LogP contribution < -0.4 is 9.64 Å². The Balaban J connectivity index is 2.13. The highest BCUT2D eigenvalue weighted by molar-refractivity contribution is 5.50. The smallest absolute Gasteiger partial charge is 0.406 e. The van der Waals surface area contributed by atoms with E-state index in [9.17, 15) is 13.2 Å². The number of hydrogen-bond acceptors (Lipinski definition) is 3. The monoisotopic (exact) mass is 299 g/mol. The Labute approximate surface area is 120 Å². The number of nitrogens with one attached hydrogen (secondary N) is 1. The molecule has 0 amide bonds. The zero-order valence-electron chi connectivity index (χ0n) is 11.7. The van der Waals surface area contributed by atoms with Crippen LogP contribution in [-0.4, -0.2) is 22.4 Å². The maximum atomic E-state index is 12.1. The van der Waals surface area contributed by atoms with E-state index in [1.807, 2.05) is 18.7 Å². The number of hydrogen-bond donors (Lipinski definition) is 1. The molecule has 2 aromatic rings. The van der Waals surface area contributed by atoms with Gasteiger partial charge in [-0.1, -0.05) is 0 Å². The van der Waals surface area contributed by atoms with Crippen molar-refractivity contribution < 1.29 is 17.9 Å². The van der Waals surface area contributed by atoms with Crippen molar-refractivity contribution >= 4 is 5.69 Å². The van der Waals surface area contributed by atoms with Crippen LogP contribution in [-0.2, 0) is 6.54 Å². The number of H-pyrrole nitrogens is 1. The second-order valence-corrected chi connectivity index (χ2v) is 4.84. The molecule has 0 bridgehead atoms. The number of aromatic nitrogens is 2. The van der Waals surface area contributed by atoms with Gasteiger partial charge in [0.15, 0.2) is 0 Å². The Morgan fingerprint density at radius 2 is 1.90 bits per heavy atom. The lowest BCUT2D eigenvalue weighted by molar-refractivity contribution is -0.274. The van der Waals surface area contributed by atoms with Crippen molar-refractivity contribution in [3.05, 3.63) is 42.5 Å². The van der Waals surface area contributed by atoms with E-state index in [-0.39, 0.29) is 11.8 Å². The molecule has 0 unspecified atom stereocenters. The van der Waals surface area contributed by atoms with Crippen molar-refractivity contribution in [3.8, 4) is 5.75 Å².